The molecule has 1 fully saturated rings. The van der Waals surface area contributed by atoms with Crippen LogP contribution < -0.4 is 10.2 Å². The van der Waals surface area contributed by atoms with Crippen LogP contribution in [0.15, 0.2) is 54.7 Å². The van der Waals surface area contributed by atoms with E-state index in [1.54, 1.807) is 6.20 Å². The summed E-state index contributed by atoms with van der Waals surface area (Å²) in [6, 6.07) is 12.7. The third kappa shape index (κ3) is 5.29. The summed E-state index contributed by atoms with van der Waals surface area (Å²) in [6.07, 6.45) is 2.42. The smallest absolute Gasteiger partial charge is 0.229 e. The van der Waals surface area contributed by atoms with Crippen molar-refractivity contribution in [3.8, 4) is 0 Å². The van der Waals surface area contributed by atoms with E-state index in [2.05, 4.69) is 32.8 Å². The normalized spacial score (nSPS) is 18.4. The Morgan fingerprint density at radius 3 is 2.65 bits per heavy atom. The molecular weight excluding hydrogens is 425 g/mol. The second-order valence-electron chi connectivity index (χ2n) is 7.30. The number of thiol groups is 1. The van der Waals surface area contributed by atoms with Gasteiger partial charge in [-0.3, -0.25) is 0 Å². The molecule has 4 rings (SSSR count). The summed E-state index contributed by atoms with van der Waals surface area (Å²) >= 11 is 4.59. The third-order valence-corrected chi connectivity index (χ3v) is 5.39. The van der Waals surface area contributed by atoms with Crippen LogP contribution in [0.5, 0.6) is 0 Å². The van der Waals surface area contributed by atoms with Crippen LogP contribution in [0, 0.1) is 17.5 Å². The SMILES string of the molecule is Fc1cc(F)c(COC[C@@H]2C[C@@H](S)CN2c2ccnc(Nc3ccccc3)n2)cc1F. The zero-order chi connectivity index (χ0) is 21.8. The number of para-hydroxylation sites is 1. The van der Waals surface area contributed by atoms with Gasteiger partial charge in [0.25, 0.3) is 0 Å². The molecule has 1 N–H and O–H groups in total. The number of ether oxygens (including phenoxy) is 1. The number of benzene rings is 2. The van der Waals surface area contributed by atoms with Crippen LogP contribution >= 0.6 is 12.6 Å². The van der Waals surface area contributed by atoms with E-state index in [9.17, 15) is 13.2 Å². The van der Waals surface area contributed by atoms with Crippen molar-refractivity contribution < 1.29 is 17.9 Å². The summed E-state index contributed by atoms with van der Waals surface area (Å²) in [5.74, 6) is -1.96. The molecule has 162 valence electrons. The monoisotopic (exact) mass is 446 g/mol. The van der Waals surface area contributed by atoms with Crippen molar-refractivity contribution in [3.05, 3.63) is 77.7 Å². The fourth-order valence-electron chi connectivity index (χ4n) is 3.53. The molecule has 0 amide bonds. The van der Waals surface area contributed by atoms with Gasteiger partial charge in [0, 0.05) is 35.3 Å². The standard InChI is InChI=1S/C22H21F3N4OS/c23-18-10-20(25)19(24)8-14(18)12-30-13-16-9-17(31)11-29(16)21-6-7-26-22(28-21)27-15-4-2-1-3-5-15/h1-8,10,16-17,31H,9,11-13H2,(H,26,27,28)/t16-,17+/m0/s1. The van der Waals surface area contributed by atoms with E-state index in [-0.39, 0.29) is 30.1 Å². The van der Waals surface area contributed by atoms with Gasteiger partial charge in [0.1, 0.15) is 11.6 Å². The molecule has 3 aromatic rings. The van der Waals surface area contributed by atoms with Crippen LogP contribution in [0.2, 0.25) is 0 Å². The Hall–Kier alpha value is -2.78. The molecular formula is C22H21F3N4OS. The molecule has 1 aliphatic rings. The van der Waals surface area contributed by atoms with E-state index >= 15 is 0 Å². The number of anilines is 3. The number of nitrogens with one attached hydrogen (secondary N) is 1. The Balaban J connectivity index is 1.42. The topological polar surface area (TPSA) is 50.3 Å². The molecule has 2 aromatic carbocycles. The predicted octanol–water partition coefficient (Wildman–Crippen LogP) is 4.73. The fraction of sp³-hybridized carbons (Fsp3) is 0.273. The maximum absolute atomic E-state index is 13.8. The Bertz CT molecular complexity index is 1040. The van der Waals surface area contributed by atoms with Crippen molar-refractivity contribution in [2.45, 2.75) is 24.3 Å². The van der Waals surface area contributed by atoms with E-state index in [1.807, 2.05) is 36.4 Å². The van der Waals surface area contributed by atoms with Gasteiger partial charge in [0.2, 0.25) is 5.95 Å². The lowest BCUT2D eigenvalue weighted by Gasteiger charge is -2.25. The maximum Gasteiger partial charge on any atom is 0.229 e. The average molecular weight is 446 g/mol. The Kier molecular flexibility index (Phi) is 6.62. The van der Waals surface area contributed by atoms with Gasteiger partial charge in [-0.15, -0.1) is 0 Å². The Morgan fingerprint density at radius 2 is 1.84 bits per heavy atom. The molecule has 1 aromatic heterocycles. The zero-order valence-corrected chi connectivity index (χ0v) is 17.4. The molecule has 1 saturated heterocycles. The van der Waals surface area contributed by atoms with Crippen molar-refractivity contribution >= 4 is 30.1 Å². The minimum atomic E-state index is -1.22. The van der Waals surface area contributed by atoms with E-state index in [1.165, 1.54) is 0 Å². The van der Waals surface area contributed by atoms with Gasteiger partial charge in [-0.1, -0.05) is 18.2 Å². The van der Waals surface area contributed by atoms with E-state index in [0.29, 0.717) is 18.6 Å². The Labute approximate surface area is 183 Å². The van der Waals surface area contributed by atoms with Crippen LogP contribution in [0.25, 0.3) is 0 Å². The average Bonchev–Trinajstić information content (AvgIpc) is 3.13. The summed E-state index contributed by atoms with van der Waals surface area (Å²) in [4.78, 5) is 10.9. The number of aromatic nitrogens is 2. The fourth-order valence-corrected chi connectivity index (χ4v) is 3.95. The first-order chi connectivity index (χ1) is 15.0. The van der Waals surface area contributed by atoms with Gasteiger partial charge in [-0.05, 0) is 30.7 Å². The first kappa shape index (κ1) is 21.5. The summed E-state index contributed by atoms with van der Waals surface area (Å²) in [7, 11) is 0. The number of nitrogens with zero attached hydrogens (tertiary/aromatic N) is 3. The first-order valence-electron chi connectivity index (χ1n) is 9.80. The first-order valence-corrected chi connectivity index (χ1v) is 10.3. The molecule has 0 spiro atoms. The highest BCUT2D eigenvalue weighted by Gasteiger charge is 2.31. The second-order valence-corrected chi connectivity index (χ2v) is 8.03. The molecule has 0 saturated carbocycles. The highest BCUT2D eigenvalue weighted by atomic mass is 32.1. The zero-order valence-electron chi connectivity index (χ0n) is 16.5. The number of hydrogen-bond acceptors (Lipinski definition) is 6. The van der Waals surface area contributed by atoms with Gasteiger partial charge in [0.05, 0.1) is 19.3 Å². The second kappa shape index (κ2) is 9.57. The highest BCUT2D eigenvalue weighted by Crippen LogP contribution is 2.28. The lowest BCUT2D eigenvalue weighted by Crippen LogP contribution is -2.34. The summed E-state index contributed by atoms with van der Waals surface area (Å²) in [5, 5.41) is 3.29. The summed E-state index contributed by atoms with van der Waals surface area (Å²) < 4.78 is 45.9. The van der Waals surface area contributed by atoms with Crippen molar-refractivity contribution in [2.24, 2.45) is 0 Å². The van der Waals surface area contributed by atoms with E-state index < -0.39 is 17.5 Å². The van der Waals surface area contributed by atoms with Crippen LogP contribution in [-0.2, 0) is 11.3 Å². The van der Waals surface area contributed by atoms with Crippen molar-refractivity contribution in [1.82, 2.24) is 9.97 Å². The minimum Gasteiger partial charge on any atom is -0.375 e. The molecule has 2 atom stereocenters. The molecule has 0 aliphatic carbocycles. The number of hydrogen-bond donors (Lipinski definition) is 2. The van der Waals surface area contributed by atoms with Crippen molar-refractivity contribution in [1.29, 1.82) is 0 Å². The van der Waals surface area contributed by atoms with Gasteiger partial charge in [-0.25, -0.2) is 18.2 Å². The number of halogens is 3. The Morgan fingerprint density at radius 1 is 1.06 bits per heavy atom. The highest BCUT2D eigenvalue weighted by molar-refractivity contribution is 7.81. The minimum absolute atomic E-state index is 0.0257. The molecule has 1 aliphatic heterocycles. The predicted molar refractivity (Wildman–Crippen MR) is 116 cm³/mol. The molecule has 0 unspecified atom stereocenters. The summed E-state index contributed by atoms with van der Waals surface area (Å²) in [5.41, 5.74) is 0.851. The van der Waals surface area contributed by atoms with Gasteiger partial charge in [0.15, 0.2) is 11.6 Å². The quantitative estimate of drug-likeness (QED) is 0.406. The third-order valence-electron chi connectivity index (χ3n) is 5.01. The van der Waals surface area contributed by atoms with E-state index in [0.717, 1.165) is 24.0 Å². The van der Waals surface area contributed by atoms with Crippen molar-refractivity contribution in [2.75, 3.05) is 23.4 Å². The largest absolute Gasteiger partial charge is 0.375 e. The summed E-state index contributed by atoms with van der Waals surface area (Å²) in [6.45, 7) is 0.772. The number of rotatable bonds is 7. The molecule has 9 heteroatoms. The lowest BCUT2D eigenvalue weighted by molar-refractivity contribution is 0.106. The van der Waals surface area contributed by atoms with Crippen LogP contribution in [0.3, 0.4) is 0 Å². The maximum atomic E-state index is 13.8. The van der Waals surface area contributed by atoms with Crippen LogP contribution in [0.4, 0.5) is 30.6 Å². The lowest BCUT2D eigenvalue weighted by atomic mass is 10.2. The molecule has 0 bridgehead atoms. The molecule has 5 nitrogen and oxygen atoms in total. The van der Waals surface area contributed by atoms with Crippen LogP contribution in [-0.4, -0.2) is 34.4 Å². The molecule has 2 heterocycles. The van der Waals surface area contributed by atoms with Crippen molar-refractivity contribution in [3.63, 3.8) is 0 Å². The van der Waals surface area contributed by atoms with Gasteiger partial charge >= 0.3 is 0 Å². The molecule has 31 heavy (non-hydrogen) atoms. The van der Waals surface area contributed by atoms with Gasteiger partial charge < -0.3 is 15.0 Å². The van der Waals surface area contributed by atoms with E-state index in [4.69, 9.17) is 4.74 Å². The van der Waals surface area contributed by atoms with Gasteiger partial charge in [-0.2, -0.15) is 17.6 Å². The molecule has 0 radical (unpaired) electrons. The van der Waals surface area contributed by atoms with Crippen LogP contribution in [0.1, 0.15) is 12.0 Å².